The van der Waals surface area contributed by atoms with Gasteiger partial charge in [-0.1, -0.05) is 31.5 Å². The van der Waals surface area contributed by atoms with Crippen LogP contribution >= 0.6 is 11.6 Å². The van der Waals surface area contributed by atoms with Gasteiger partial charge in [-0.05, 0) is 30.2 Å². The molecule has 4 heteroatoms. The van der Waals surface area contributed by atoms with Crippen molar-refractivity contribution >= 4 is 11.6 Å². The number of aromatic nitrogens is 2. The SMILES string of the molecule is CC(C)c1cc(Cl)n(-c2cccc(F)c2)n1. The van der Waals surface area contributed by atoms with Gasteiger partial charge in [0.2, 0.25) is 0 Å². The zero-order chi connectivity index (χ0) is 11.7. The predicted molar refractivity (Wildman–Crippen MR) is 62.6 cm³/mol. The van der Waals surface area contributed by atoms with E-state index in [9.17, 15) is 4.39 Å². The number of nitrogens with zero attached hydrogens (tertiary/aromatic N) is 2. The van der Waals surface area contributed by atoms with Crippen LogP contribution in [-0.2, 0) is 0 Å². The minimum atomic E-state index is -0.296. The first-order valence-electron chi connectivity index (χ1n) is 5.09. The highest BCUT2D eigenvalue weighted by molar-refractivity contribution is 6.29. The quantitative estimate of drug-likeness (QED) is 0.778. The van der Waals surface area contributed by atoms with Crippen LogP contribution < -0.4 is 0 Å². The summed E-state index contributed by atoms with van der Waals surface area (Å²) in [5.41, 5.74) is 1.53. The molecule has 0 aliphatic heterocycles. The Morgan fingerprint density at radius 2 is 2.06 bits per heavy atom. The second kappa shape index (κ2) is 4.26. The molecule has 0 aliphatic rings. The summed E-state index contributed by atoms with van der Waals surface area (Å²) in [6, 6.07) is 8.01. The lowest BCUT2D eigenvalue weighted by Gasteiger charge is -2.03. The summed E-state index contributed by atoms with van der Waals surface area (Å²) in [4.78, 5) is 0. The molecule has 0 saturated carbocycles. The monoisotopic (exact) mass is 238 g/mol. The molecule has 2 nitrogen and oxygen atoms in total. The summed E-state index contributed by atoms with van der Waals surface area (Å²) >= 11 is 6.05. The Bertz CT molecular complexity index is 505. The van der Waals surface area contributed by atoms with Gasteiger partial charge < -0.3 is 0 Å². The third kappa shape index (κ3) is 2.09. The molecule has 1 heterocycles. The molecule has 0 amide bonds. The number of hydrogen-bond acceptors (Lipinski definition) is 1. The molecule has 0 bridgehead atoms. The number of halogens is 2. The van der Waals surface area contributed by atoms with Gasteiger partial charge in [-0.2, -0.15) is 5.10 Å². The first-order valence-corrected chi connectivity index (χ1v) is 5.47. The first-order chi connectivity index (χ1) is 7.58. The van der Waals surface area contributed by atoms with Crippen molar-refractivity contribution in [3.05, 3.63) is 47.0 Å². The minimum absolute atomic E-state index is 0.296. The van der Waals surface area contributed by atoms with E-state index in [2.05, 4.69) is 5.10 Å². The van der Waals surface area contributed by atoms with Crippen LogP contribution in [0.4, 0.5) is 4.39 Å². The van der Waals surface area contributed by atoms with E-state index in [0.29, 0.717) is 16.8 Å². The van der Waals surface area contributed by atoms with Crippen LogP contribution in [0.15, 0.2) is 30.3 Å². The van der Waals surface area contributed by atoms with Crippen molar-refractivity contribution in [3.63, 3.8) is 0 Å². The average Bonchev–Trinajstić information content (AvgIpc) is 2.60. The fourth-order valence-corrected chi connectivity index (χ4v) is 1.69. The molecular weight excluding hydrogens is 227 g/mol. The Morgan fingerprint density at radius 3 is 2.62 bits per heavy atom. The van der Waals surface area contributed by atoms with E-state index < -0.39 is 0 Å². The topological polar surface area (TPSA) is 17.8 Å². The Morgan fingerprint density at radius 1 is 1.31 bits per heavy atom. The summed E-state index contributed by atoms with van der Waals surface area (Å²) in [5.74, 6) is 0.00229. The van der Waals surface area contributed by atoms with E-state index in [0.717, 1.165) is 5.69 Å². The van der Waals surface area contributed by atoms with Crippen LogP contribution in [-0.4, -0.2) is 9.78 Å². The molecule has 0 spiro atoms. The van der Waals surface area contributed by atoms with Crippen molar-refractivity contribution in [2.45, 2.75) is 19.8 Å². The van der Waals surface area contributed by atoms with Gasteiger partial charge in [0.1, 0.15) is 11.0 Å². The summed E-state index contributed by atoms with van der Waals surface area (Å²) in [5, 5.41) is 4.83. The van der Waals surface area contributed by atoms with Crippen LogP contribution in [0.2, 0.25) is 5.15 Å². The smallest absolute Gasteiger partial charge is 0.133 e. The molecule has 2 rings (SSSR count). The second-order valence-electron chi connectivity index (χ2n) is 3.94. The van der Waals surface area contributed by atoms with Gasteiger partial charge in [0, 0.05) is 0 Å². The molecule has 0 radical (unpaired) electrons. The highest BCUT2D eigenvalue weighted by Crippen LogP contribution is 2.21. The summed E-state index contributed by atoms with van der Waals surface area (Å²) in [7, 11) is 0. The Balaban J connectivity index is 2.48. The zero-order valence-corrected chi connectivity index (χ0v) is 9.87. The maximum Gasteiger partial charge on any atom is 0.133 e. The molecule has 1 aromatic carbocycles. The molecule has 0 saturated heterocycles. The van der Waals surface area contributed by atoms with Crippen molar-refractivity contribution in [3.8, 4) is 5.69 Å². The van der Waals surface area contributed by atoms with Gasteiger partial charge in [0.05, 0.1) is 11.4 Å². The van der Waals surface area contributed by atoms with Gasteiger partial charge in [0.15, 0.2) is 0 Å². The van der Waals surface area contributed by atoms with Crippen molar-refractivity contribution in [1.82, 2.24) is 9.78 Å². The fourth-order valence-electron chi connectivity index (χ4n) is 1.45. The Hall–Kier alpha value is -1.35. The van der Waals surface area contributed by atoms with Gasteiger partial charge in [-0.15, -0.1) is 0 Å². The molecular formula is C12H12ClFN2. The highest BCUT2D eigenvalue weighted by atomic mass is 35.5. The molecule has 16 heavy (non-hydrogen) atoms. The van der Waals surface area contributed by atoms with Crippen molar-refractivity contribution in [2.75, 3.05) is 0 Å². The normalized spacial score (nSPS) is 11.1. The zero-order valence-electron chi connectivity index (χ0n) is 9.11. The van der Waals surface area contributed by atoms with Gasteiger partial charge in [0.25, 0.3) is 0 Å². The molecule has 0 fully saturated rings. The maximum atomic E-state index is 13.1. The molecule has 1 aromatic heterocycles. The number of hydrogen-bond donors (Lipinski definition) is 0. The van der Waals surface area contributed by atoms with Crippen molar-refractivity contribution in [2.24, 2.45) is 0 Å². The van der Waals surface area contributed by atoms with Crippen LogP contribution in [0, 0.1) is 5.82 Å². The molecule has 0 aliphatic carbocycles. The van der Waals surface area contributed by atoms with E-state index in [1.54, 1.807) is 22.9 Å². The summed E-state index contributed by atoms with van der Waals surface area (Å²) in [6.07, 6.45) is 0. The van der Waals surface area contributed by atoms with Gasteiger partial charge >= 0.3 is 0 Å². The van der Waals surface area contributed by atoms with Crippen molar-refractivity contribution in [1.29, 1.82) is 0 Å². The lowest BCUT2D eigenvalue weighted by Crippen LogP contribution is -1.98. The van der Waals surface area contributed by atoms with Gasteiger partial charge in [-0.3, -0.25) is 0 Å². The van der Waals surface area contributed by atoms with E-state index in [4.69, 9.17) is 11.6 Å². The second-order valence-corrected chi connectivity index (χ2v) is 4.33. The molecule has 84 valence electrons. The molecule has 0 N–H and O–H groups in total. The van der Waals surface area contributed by atoms with E-state index in [-0.39, 0.29) is 5.82 Å². The van der Waals surface area contributed by atoms with E-state index >= 15 is 0 Å². The largest absolute Gasteiger partial charge is 0.222 e. The first kappa shape index (κ1) is 11.1. The molecule has 2 aromatic rings. The fraction of sp³-hybridized carbons (Fsp3) is 0.250. The van der Waals surface area contributed by atoms with E-state index in [1.807, 2.05) is 13.8 Å². The van der Waals surface area contributed by atoms with Crippen LogP contribution in [0.25, 0.3) is 5.69 Å². The number of rotatable bonds is 2. The Labute approximate surface area is 98.7 Å². The standard InChI is InChI=1S/C12H12ClFN2/c1-8(2)11-7-12(13)16(15-11)10-5-3-4-9(14)6-10/h3-8H,1-2H3. The molecule has 0 unspecified atom stereocenters. The van der Waals surface area contributed by atoms with Crippen LogP contribution in [0.3, 0.4) is 0 Å². The van der Waals surface area contributed by atoms with Crippen molar-refractivity contribution < 1.29 is 4.39 Å². The van der Waals surface area contributed by atoms with Crippen LogP contribution in [0.5, 0.6) is 0 Å². The maximum absolute atomic E-state index is 13.1. The Kier molecular flexibility index (Phi) is 2.97. The lowest BCUT2D eigenvalue weighted by atomic mass is 10.1. The predicted octanol–water partition coefficient (Wildman–Crippen LogP) is 3.79. The third-order valence-corrected chi connectivity index (χ3v) is 2.60. The summed E-state index contributed by atoms with van der Waals surface area (Å²) < 4.78 is 14.6. The number of benzene rings is 1. The highest BCUT2D eigenvalue weighted by Gasteiger charge is 2.10. The van der Waals surface area contributed by atoms with E-state index in [1.165, 1.54) is 12.1 Å². The minimum Gasteiger partial charge on any atom is -0.222 e. The van der Waals surface area contributed by atoms with Gasteiger partial charge in [-0.25, -0.2) is 9.07 Å². The van der Waals surface area contributed by atoms with Crippen LogP contribution in [0.1, 0.15) is 25.5 Å². The summed E-state index contributed by atoms with van der Waals surface area (Å²) in [6.45, 7) is 4.07. The third-order valence-electron chi connectivity index (χ3n) is 2.33. The molecule has 0 atom stereocenters. The lowest BCUT2D eigenvalue weighted by molar-refractivity contribution is 0.625. The average molecular weight is 239 g/mol.